The van der Waals surface area contributed by atoms with Crippen LogP contribution in [0, 0.1) is 0 Å². The Balaban J connectivity index is 0.000000196. The fourth-order valence-corrected chi connectivity index (χ4v) is 13.5. The lowest BCUT2D eigenvalue weighted by atomic mass is 9.96. The summed E-state index contributed by atoms with van der Waals surface area (Å²) >= 11 is 0. The molecule has 4 unspecified atom stereocenters. The second kappa shape index (κ2) is 26.4. The van der Waals surface area contributed by atoms with Gasteiger partial charge in [0.15, 0.2) is 0 Å². The molecule has 8 amide bonds. The first-order valence-electron chi connectivity index (χ1n) is 29.2. The van der Waals surface area contributed by atoms with Crippen LogP contribution in [0.3, 0.4) is 0 Å². The van der Waals surface area contributed by atoms with Crippen molar-refractivity contribution in [3.05, 3.63) is 0 Å². The predicted molar refractivity (Wildman–Crippen MR) is 287 cm³/mol. The number of amides is 8. The Kier molecular flexibility index (Phi) is 21.3. The third-order valence-corrected chi connectivity index (χ3v) is 17.1. The molecule has 8 rings (SSSR count). The highest BCUT2D eigenvalue weighted by atomic mass is 32.3. The van der Waals surface area contributed by atoms with Crippen LogP contribution in [-0.4, -0.2) is 199 Å². The van der Waals surface area contributed by atoms with Gasteiger partial charge in [-0.1, -0.05) is 53.4 Å². The number of rotatable bonds is 18. The summed E-state index contributed by atoms with van der Waals surface area (Å²) in [6, 6.07) is -3.24. The topological polar surface area (TPSA) is 248 Å². The number of piperidine rings is 4. The molecule has 0 aliphatic carbocycles. The first kappa shape index (κ1) is 62.0. The summed E-state index contributed by atoms with van der Waals surface area (Å²) in [5.41, 5.74) is -1.10. The Hall–Kier alpha value is -4.19. The van der Waals surface area contributed by atoms with E-state index in [-0.39, 0.29) is 72.8 Å². The molecule has 8 atom stereocenters. The summed E-state index contributed by atoms with van der Waals surface area (Å²) in [6.07, 6.45) is 18.6. The Bertz CT molecular complexity index is 2090. The molecule has 0 aromatic carbocycles. The average molecular weight is 1110 g/mol. The van der Waals surface area contributed by atoms with Crippen molar-refractivity contribution < 1.29 is 65.2 Å². The Morgan fingerprint density at radius 3 is 1.25 bits per heavy atom. The molecule has 0 radical (unpaired) electrons. The van der Waals surface area contributed by atoms with Gasteiger partial charge in [0, 0.05) is 49.3 Å². The van der Waals surface area contributed by atoms with E-state index in [0.717, 1.165) is 30.7 Å². The van der Waals surface area contributed by atoms with E-state index in [0.29, 0.717) is 63.0 Å². The van der Waals surface area contributed by atoms with Crippen molar-refractivity contribution in [2.75, 3.05) is 39.3 Å². The number of unbranched alkanes of at least 4 members (excludes halogenated alkanes) is 4. The maximum absolute atomic E-state index is 13.0. The predicted octanol–water partition coefficient (Wildman–Crippen LogP) is 7.73. The largest absolute Gasteiger partial charge is 0.444 e. The zero-order valence-electron chi connectivity index (χ0n) is 48.1. The average Bonchev–Trinajstić information content (AvgIpc) is 3.99. The number of carbonyl (C=O) groups excluding carboxylic acids is 6. The number of quaternary nitrogens is 1. The molecule has 8 fully saturated rings. The fourth-order valence-electron chi connectivity index (χ4n) is 13.1. The zero-order chi connectivity index (χ0) is 56.6. The molecule has 8 heterocycles. The minimum absolute atomic E-state index is 0.00305. The quantitative estimate of drug-likeness (QED) is 0.0584. The summed E-state index contributed by atoms with van der Waals surface area (Å²) in [5.74, 6) is -0.460. The smallest absolute Gasteiger partial charge is 0.418 e. The Morgan fingerprint density at radius 2 is 0.896 bits per heavy atom. The zero-order valence-corrected chi connectivity index (χ0v) is 48.9. The van der Waals surface area contributed by atoms with Gasteiger partial charge in [-0.25, -0.2) is 24.2 Å². The van der Waals surface area contributed by atoms with Crippen LogP contribution in [0.4, 0.5) is 19.2 Å². The number of hydrogen-bond acceptors (Lipinski definition) is 12. The summed E-state index contributed by atoms with van der Waals surface area (Å²) in [4.78, 5) is 82.0. The molecule has 8 saturated heterocycles. The van der Waals surface area contributed by atoms with Crippen molar-refractivity contribution in [2.45, 2.75) is 269 Å². The molecule has 8 bridgehead atoms. The Morgan fingerprint density at radius 1 is 0.558 bits per heavy atom. The highest BCUT2D eigenvalue weighted by Gasteiger charge is 2.52. The van der Waals surface area contributed by atoms with Gasteiger partial charge < -0.3 is 44.2 Å². The van der Waals surface area contributed by atoms with Crippen molar-refractivity contribution >= 4 is 46.5 Å². The second-order valence-electron chi connectivity index (χ2n) is 25.1. The summed E-state index contributed by atoms with van der Waals surface area (Å²) in [6.45, 7) is 26.6. The van der Waals surface area contributed by atoms with Gasteiger partial charge in [-0.2, -0.15) is 13.5 Å². The summed E-state index contributed by atoms with van der Waals surface area (Å²) in [5, 5.41) is 17.3. The van der Waals surface area contributed by atoms with E-state index in [9.17, 15) is 42.4 Å². The molecule has 77 heavy (non-hydrogen) atoms. The first-order chi connectivity index (χ1) is 36.2. The molecule has 22 nitrogen and oxygen atoms in total. The molecule has 0 aromatic heterocycles. The van der Waals surface area contributed by atoms with E-state index < -0.39 is 51.8 Å². The van der Waals surface area contributed by atoms with Crippen molar-refractivity contribution in [1.29, 1.82) is 0 Å². The minimum Gasteiger partial charge on any atom is -0.444 e. The number of carbonyl (C=O) groups is 6. The molecule has 0 spiro atoms. The third kappa shape index (κ3) is 16.2. The van der Waals surface area contributed by atoms with Crippen LogP contribution >= 0.6 is 0 Å². The molecule has 0 saturated carbocycles. The number of urea groups is 2. The molecule has 0 aromatic rings. The molecular formula is C54H96N9O13S+. The van der Waals surface area contributed by atoms with Gasteiger partial charge in [0.1, 0.15) is 23.3 Å². The van der Waals surface area contributed by atoms with Gasteiger partial charge in [0.2, 0.25) is 11.8 Å². The second-order valence-corrected chi connectivity index (χ2v) is 26.1. The number of hydroxylamine groups is 4. The van der Waals surface area contributed by atoms with Gasteiger partial charge in [-0.05, 0) is 144 Å². The lowest BCUT2D eigenvalue weighted by molar-refractivity contribution is -0.929. The minimum atomic E-state index is -4.83. The number of ether oxygens (including phenoxy) is 2. The van der Waals surface area contributed by atoms with Crippen LogP contribution in [0.25, 0.3) is 0 Å². The van der Waals surface area contributed by atoms with E-state index in [2.05, 4.69) is 42.6 Å². The van der Waals surface area contributed by atoms with E-state index in [1.54, 1.807) is 4.90 Å². The van der Waals surface area contributed by atoms with Gasteiger partial charge >= 0.3 is 34.6 Å². The maximum atomic E-state index is 13.0. The third-order valence-electron chi connectivity index (χ3n) is 16.8. The molecule has 440 valence electrons. The monoisotopic (exact) mass is 1110 g/mol. The molecule has 23 heteroatoms. The van der Waals surface area contributed by atoms with Crippen LogP contribution < -0.4 is 10.6 Å². The van der Waals surface area contributed by atoms with E-state index in [1.807, 2.05) is 46.4 Å². The van der Waals surface area contributed by atoms with Crippen molar-refractivity contribution in [3.8, 4) is 0 Å². The number of hydrogen-bond donors (Lipinski definition) is 4. The van der Waals surface area contributed by atoms with Crippen LogP contribution in [0.5, 0.6) is 0 Å². The van der Waals surface area contributed by atoms with Gasteiger partial charge in [-0.15, -0.1) is 4.28 Å². The fraction of sp³-hybridized carbons (Fsp3) is 0.889. The number of nitrogens with zero attached hydrogens (tertiary/aromatic N) is 7. The first-order valence-corrected chi connectivity index (χ1v) is 30.6. The normalized spacial score (nSPS) is 28.7. The molecule has 8 aliphatic heterocycles. The van der Waals surface area contributed by atoms with Crippen LogP contribution in [-0.2, 0) is 33.7 Å². The van der Waals surface area contributed by atoms with Crippen LogP contribution in [0.15, 0.2) is 0 Å². The Labute approximate surface area is 459 Å². The van der Waals surface area contributed by atoms with Gasteiger partial charge in [0.05, 0.1) is 38.3 Å². The lowest BCUT2D eigenvalue weighted by Gasteiger charge is -2.40. The highest BCUT2D eigenvalue weighted by Crippen LogP contribution is 2.39. The standard InChI is InChI=1S/C19H30N4O8S.C19H30N4O5.C16H36N/c1-19(2,3)30-18(26)22-12-4-5-13(22)9-11(8-12)20-16(24)15-7-6-14-10-21(15)17(25)23(14)31-32(27,28)29;1-19(2,3)28-18(26)22-12-4-5-13(22)9-11(8-12)20-16(24)15-7-6-14-10-21(15)17(25)23(14)27;1-5-9-13-17(14-10-6-2,15-11-7-3)16-12-8-4/h11-15H,4-10H2,1-3H3,(H,20,24)(H,27,28,29);11-15,27H,4-10H2,1-3H3,(H,20,24);5-16H2,1-4H3/q;;+1/t2*11?,12?,13?,14-,15+;/m11./s1. The summed E-state index contributed by atoms with van der Waals surface area (Å²) < 4.78 is 47.9. The van der Waals surface area contributed by atoms with Crippen molar-refractivity contribution in [1.82, 2.24) is 40.4 Å². The summed E-state index contributed by atoms with van der Waals surface area (Å²) in [7, 11) is -4.83. The van der Waals surface area contributed by atoms with Crippen LogP contribution in [0.1, 0.15) is 198 Å². The number of nitrogens with one attached hydrogen (secondary N) is 2. The van der Waals surface area contributed by atoms with Gasteiger partial charge in [0.25, 0.3) is 0 Å². The van der Waals surface area contributed by atoms with Gasteiger partial charge in [-0.3, -0.25) is 19.3 Å². The van der Waals surface area contributed by atoms with Crippen molar-refractivity contribution in [3.63, 3.8) is 0 Å². The highest BCUT2D eigenvalue weighted by molar-refractivity contribution is 7.80. The SMILES string of the molecule is CC(C)(C)OC(=O)N1C2CCC1CC(NC(=O)[C@@H]1CC[C@@H]3CN1C(=O)N3O)C2.CC(C)(C)OC(=O)N1C2CCC1CC(NC(=O)[C@@H]1CC[C@@H]3CN1C(=O)N3OS(=O)(=O)O)C2.CCCC[N+](CCCC)(CCCC)CCCC. The number of fused-ring (bicyclic) bond motifs is 8. The lowest BCUT2D eigenvalue weighted by Crippen LogP contribution is -2.57. The van der Waals surface area contributed by atoms with Crippen molar-refractivity contribution in [2.24, 2.45) is 0 Å². The maximum Gasteiger partial charge on any atom is 0.418 e. The van der Waals surface area contributed by atoms with E-state index in [4.69, 9.17) is 14.0 Å². The van der Waals surface area contributed by atoms with E-state index in [1.165, 1.54) is 91.8 Å². The molecular weight excluding hydrogens is 1010 g/mol. The molecule has 8 aliphatic rings. The van der Waals surface area contributed by atoms with E-state index >= 15 is 0 Å². The molecule has 4 N–H and O–H groups in total. The van der Waals surface area contributed by atoms with Crippen LogP contribution in [0.2, 0.25) is 0 Å².